The molecule has 0 heterocycles. The van der Waals surface area contributed by atoms with Crippen LogP contribution in [-0.2, 0) is 65.4 Å². The number of rotatable bonds is 77. The Hall–Kier alpha value is -3.24. The average molecular weight is 1460 g/mol. The number of hydrogen-bond acceptors (Lipinski definition) is 15. The number of phosphoric ester groups is 2. The predicted octanol–water partition coefficient (Wildman–Crippen LogP) is 23.5. The van der Waals surface area contributed by atoms with Crippen LogP contribution in [0.3, 0.4) is 0 Å². The summed E-state index contributed by atoms with van der Waals surface area (Å²) < 4.78 is 68.6. The Bertz CT molecular complexity index is 2130. The summed E-state index contributed by atoms with van der Waals surface area (Å²) in [5.74, 6) is -2.18. The molecule has 19 heteroatoms. The second-order valence-electron chi connectivity index (χ2n) is 27.4. The van der Waals surface area contributed by atoms with Crippen LogP contribution in [0, 0.1) is 0 Å². The minimum absolute atomic E-state index is 0.0810. The zero-order valence-electron chi connectivity index (χ0n) is 63.9. The number of allylic oxidation sites excluding steroid dienone is 10. The fourth-order valence-electron chi connectivity index (χ4n) is 11.2. The molecule has 0 aromatic rings. The normalized spacial score (nSPS) is 14.2. The van der Waals surface area contributed by atoms with E-state index in [-0.39, 0.29) is 25.7 Å². The standard InChI is InChI=1S/C81H148O17P2/c1-5-9-13-17-21-25-29-33-37-41-45-49-53-57-61-65-78(83)91-71-76(97-80(85)67-63-59-55-51-47-43-39-35-31-27-23-19-15-11-7-3)73-95-99(87,88)93-69-75(82)70-94-100(89,90)96-74-77(98-81(86)68-64-60-56-52-48-44-40-36-32-28-24-20-16-12-8-4)72-92-79(84)66-62-58-54-50-46-42-38-34-30-26-22-18-14-10-6-2/h23-24,27-28,33,35-37,39-40,75-77,82H,5-22,25-26,29-32,34,38,41-74H2,1-4H3,(H,87,88)(H,89,90)/b27-23-,28-24+,37-33+,39-35+,40-36-/t75-,76-,77-/m1/s1. The van der Waals surface area contributed by atoms with Crippen molar-refractivity contribution in [2.45, 2.75) is 393 Å². The Balaban J connectivity index is 5.35. The number of aliphatic hydroxyl groups is 1. The number of aliphatic hydroxyl groups excluding tert-OH is 1. The summed E-state index contributed by atoms with van der Waals surface area (Å²) in [6.45, 7) is 4.85. The van der Waals surface area contributed by atoms with E-state index in [1.54, 1.807) is 0 Å². The number of unbranched alkanes of at least 4 members (excludes halogenated alkanes) is 41. The molecule has 0 saturated heterocycles. The first-order valence-electron chi connectivity index (χ1n) is 40.5. The lowest BCUT2D eigenvalue weighted by Crippen LogP contribution is -2.30. The van der Waals surface area contributed by atoms with Gasteiger partial charge in [0.05, 0.1) is 26.4 Å². The summed E-state index contributed by atoms with van der Waals surface area (Å²) in [4.78, 5) is 73.0. The van der Waals surface area contributed by atoms with Gasteiger partial charge >= 0.3 is 39.5 Å². The van der Waals surface area contributed by atoms with Gasteiger partial charge in [0, 0.05) is 25.7 Å². The van der Waals surface area contributed by atoms with Gasteiger partial charge in [-0.3, -0.25) is 37.3 Å². The van der Waals surface area contributed by atoms with Gasteiger partial charge in [0.2, 0.25) is 0 Å². The number of carbonyl (C=O) groups excluding carboxylic acids is 4. The highest BCUT2D eigenvalue weighted by Gasteiger charge is 2.30. The van der Waals surface area contributed by atoms with Gasteiger partial charge in [-0.25, -0.2) is 9.13 Å². The number of esters is 4. The van der Waals surface area contributed by atoms with Gasteiger partial charge in [-0.2, -0.15) is 0 Å². The third-order valence-corrected chi connectivity index (χ3v) is 19.4. The lowest BCUT2D eigenvalue weighted by molar-refractivity contribution is -0.161. The van der Waals surface area contributed by atoms with Crippen molar-refractivity contribution in [2.75, 3.05) is 39.6 Å². The molecule has 100 heavy (non-hydrogen) atoms. The summed E-state index contributed by atoms with van der Waals surface area (Å²) in [6.07, 6.45) is 73.3. The summed E-state index contributed by atoms with van der Waals surface area (Å²) in [6, 6.07) is 0. The fourth-order valence-corrected chi connectivity index (χ4v) is 12.8. The molecule has 0 aliphatic carbocycles. The van der Waals surface area contributed by atoms with E-state index < -0.39 is 97.5 Å². The summed E-state index contributed by atoms with van der Waals surface area (Å²) in [5, 5.41) is 10.6. The van der Waals surface area contributed by atoms with Crippen LogP contribution in [0.4, 0.5) is 0 Å². The molecule has 0 rings (SSSR count). The molecule has 584 valence electrons. The molecule has 0 bridgehead atoms. The smallest absolute Gasteiger partial charge is 0.462 e. The Labute approximate surface area is 610 Å². The van der Waals surface area contributed by atoms with Gasteiger partial charge in [0.15, 0.2) is 12.2 Å². The molecule has 0 saturated carbocycles. The van der Waals surface area contributed by atoms with Gasteiger partial charge in [-0.1, -0.05) is 294 Å². The predicted molar refractivity (Wildman–Crippen MR) is 409 cm³/mol. The molecule has 0 fully saturated rings. The van der Waals surface area contributed by atoms with Crippen molar-refractivity contribution in [2.24, 2.45) is 0 Å². The van der Waals surface area contributed by atoms with Crippen molar-refractivity contribution < 1.29 is 80.2 Å². The molecule has 2 unspecified atom stereocenters. The van der Waals surface area contributed by atoms with Crippen LogP contribution in [0.2, 0.25) is 0 Å². The molecule has 5 atom stereocenters. The lowest BCUT2D eigenvalue weighted by Gasteiger charge is -2.21. The van der Waals surface area contributed by atoms with Crippen molar-refractivity contribution in [3.8, 4) is 0 Å². The Morgan fingerprint density at radius 2 is 0.490 bits per heavy atom. The highest BCUT2D eigenvalue weighted by molar-refractivity contribution is 7.47. The highest BCUT2D eigenvalue weighted by Crippen LogP contribution is 2.45. The van der Waals surface area contributed by atoms with E-state index in [0.29, 0.717) is 25.7 Å². The first-order valence-corrected chi connectivity index (χ1v) is 43.5. The monoisotopic (exact) mass is 1460 g/mol. The molecule has 17 nitrogen and oxygen atoms in total. The molecular weight excluding hydrogens is 1310 g/mol. The maximum Gasteiger partial charge on any atom is 0.472 e. The number of carbonyl (C=O) groups is 4. The third kappa shape index (κ3) is 73.1. The van der Waals surface area contributed by atoms with Crippen molar-refractivity contribution in [1.29, 1.82) is 0 Å². The van der Waals surface area contributed by atoms with Gasteiger partial charge in [0.1, 0.15) is 19.3 Å². The molecule has 0 amide bonds. The quantitative estimate of drug-likeness (QED) is 0.0169. The van der Waals surface area contributed by atoms with E-state index >= 15 is 0 Å². The van der Waals surface area contributed by atoms with Crippen LogP contribution >= 0.6 is 15.6 Å². The number of hydrogen-bond donors (Lipinski definition) is 3. The van der Waals surface area contributed by atoms with Crippen LogP contribution in [-0.4, -0.2) is 96.7 Å². The lowest BCUT2D eigenvalue weighted by atomic mass is 10.0. The van der Waals surface area contributed by atoms with E-state index in [0.717, 1.165) is 148 Å². The molecule has 0 aliphatic heterocycles. The first-order chi connectivity index (χ1) is 48.7. The Kier molecular flexibility index (Phi) is 71.6. The van der Waals surface area contributed by atoms with Gasteiger partial charge in [0.25, 0.3) is 0 Å². The van der Waals surface area contributed by atoms with Crippen molar-refractivity contribution in [1.82, 2.24) is 0 Å². The number of ether oxygens (including phenoxy) is 4. The van der Waals surface area contributed by atoms with Crippen LogP contribution in [0.1, 0.15) is 374 Å². The van der Waals surface area contributed by atoms with Crippen LogP contribution in [0.15, 0.2) is 60.8 Å². The number of phosphoric acid groups is 2. The van der Waals surface area contributed by atoms with Gasteiger partial charge < -0.3 is 33.8 Å². The van der Waals surface area contributed by atoms with E-state index in [9.17, 15) is 43.2 Å². The van der Waals surface area contributed by atoms with Crippen LogP contribution < -0.4 is 0 Å². The van der Waals surface area contributed by atoms with Crippen molar-refractivity contribution in [3.05, 3.63) is 60.8 Å². The summed E-state index contributed by atoms with van der Waals surface area (Å²) >= 11 is 0. The largest absolute Gasteiger partial charge is 0.472 e. The van der Waals surface area contributed by atoms with Crippen LogP contribution in [0.25, 0.3) is 0 Å². The zero-order chi connectivity index (χ0) is 73.2. The Morgan fingerprint density at radius 1 is 0.280 bits per heavy atom. The zero-order valence-corrected chi connectivity index (χ0v) is 65.7. The molecule has 0 aliphatic rings. The highest BCUT2D eigenvalue weighted by atomic mass is 31.2. The Morgan fingerprint density at radius 3 is 0.770 bits per heavy atom. The fraction of sp³-hybridized carbons (Fsp3) is 0.827. The van der Waals surface area contributed by atoms with Crippen molar-refractivity contribution >= 4 is 39.5 Å². The van der Waals surface area contributed by atoms with E-state index in [1.807, 2.05) is 0 Å². The SMILES string of the molecule is CCCCC/C=C\C/C=C/CCCCCCCC(=O)O[C@H](COC(=O)CCCCCCC/C=C/CCCCCCCC)COP(=O)(O)OC[C@@H](O)COP(=O)(O)OC[C@@H](COC(=O)CCCCCCCCCCCCCCCCC)OC(=O)CCCCCCC/C=C\C/C=C/CCCCC. The second kappa shape index (κ2) is 74.0. The van der Waals surface area contributed by atoms with Crippen molar-refractivity contribution in [3.63, 3.8) is 0 Å². The minimum atomic E-state index is -4.98. The topological polar surface area (TPSA) is 237 Å². The molecule has 0 aromatic carbocycles. The van der Waals surface area contributed by atoms with E-state index in [4.69, 9.17) is 37.0 Å². The van der Waals surface area contributed by atoms with E-state index in [1.165, 1.54) is 148 Å². The average Bonchev–Trinajstić information content (AvgIpc) is 1.25. The molecular formula is C81H148O17P2. The maximum atomic E-state index is 13.1. The maximum absolute atomic E-state index is 13.1. The first kappa shape index (κ1) is 96.8. The molecule has 0 aromatic heterocycles. The third-order valence-electron chi connectivity index (χ3n) is 17.5. The molecule has 0 spiro atoms. The second-order valence-corrected chi connectivity index (χ2v) is 30.3. The molecule has 3 N–H and O–H groups in total. The van der Waals surface area contributed by atoms with Gasteiger partial charge in [-0.05, 0) is 116 Å². The summed E-state index contributed by atoms with van der Waals surface area (Å²) in [7, 11) is -9.95. The van der Waals surface area contributed by atoms with Gasteiger partial charge in [-0.15, -0.1) is 0 Å². The van der Waals surface area contributed by atoms with E-state index in [2.05, 4.69) is 88.5 Å². The minimum Gasteiger partial charge on any atom is -0.462 e. The van der Waals surface area contributed by atoms with Crippen LogP contribution in [0.5, 0.6) is 0 Å². The molecule has 0 radical (unpaired) electrons. The summed E-state index contributed by atoms with van der Waals surface area (Å²) in [5.41, 5.74) is 0.